The highest BCUT2D eigenvalue weighted by Crippen LogP contribution is 2.30. The SMILES string of the molecule is CCC(C)CN(CC)c1nc2ccc(N)cc2s1. The second-order valence-electron chi connectivity index (χ2n) is 4.78. The van der Waals surface area contributed by atoms with Crippen molar-refractivity contribution in [2.75, 3.05) is 23.7 Å². The Morgan fingerprint density at radius 2 is 2.17 bits per heavy atom. The first-order valence-corrected chi connectivity index (χ1v) is 7.36. The minimum absolute atomic E-state index is 0.696. The molecule has 2 N–H and O–H groups in total. The summed E-state index contributed by atoms with van der Waals surface area (Å²) in [6.07, 6.45) is 1.20. The highest BCUT2D eigenvalue weighted by Gasteiger charge is 2.13. The van der Waals surface area contributed by atoms with Crippen LogP contribution in [-0.2, 0) is 0 Å². The maximum Gasteiger partial charge on any atom is 0.186 e. The number of hydrogen-bond acceptors (Lipinski definition) is 4. The normalized spacial score (nSPS) is 12.8. The number of nitrogens with zero attached hydrogens (tertiary/aromatic N) is 2. The molecule has 0 saturated heterocycles. The summed E-state index contributed by atoms with van der Waals surface area (Å²) >= 11 is 1.73. The van der Waals surface area contributed by atoms with Crippen LogP contribution in [-0.4, -0.2) is 18.1 Å². The number of rotatable bonds is 5. The molecule has 1 aromatic heterocycles. The van der Waals surface area contributed by atoms with E-state index >= 15 is 0 Å². The molecule has 1 unspecified atom stereocenters. The van der Waals surface area contributed by atoms with Gasteiger partial charge in [0.15, 0.2) is 5.13 Å². The Labute approximate surface area is 113 Å². The molecule has 3 nitrogen and oxygen atoms in total. The first-order chi connectivity index (χ1) is 8.63. The molecular formula is C14H21N3S. The fourth-order valence-corrected chi connectivity index (χ4v) is 3.00. The lowest BCUT2D eigenvalue weighted by Crippen LogP contribution is -2.27. The molecule has 0 fully saturated rings. The van der Waals surface area contributed by atoms with Crippen molar-refractivity contribution in [1.82, 2.24) is 4.98 Å². The molecule has 1 aromatic carbocycles. The topological polar surface area (TPSA) is 42.2 Å². The van der Waals surface area contributed by atoms with Gasteiger partial charge in [-0.25, -0.2) is 4.98 Å². The van der Waals surface area contributed by atoms with Gasteiger partial charge in [-0.2, -0.15) is 0 Å². The van der Waals surface area contributed by atoms with E-state index in [2.05, 4.69) is 25.7 Å². The minimum atomic E-state index is 0.696. The van der Waals surface area contributed by atoms with Crippen LogP contribution in [0.3, 0.4) is 0 Å². The van der Waals surface area contributed by atoms with Crippen LogP contribution in [0.25, 0.3) is 10.2 Å². The summed E-state index contributed by atoms with van der Waals surface area (Å²) < 4.78 is 1.17. The summed E-state index contributed by atoms with van der Waals surface area (Å²) in [6, 6.07) is 5.92. The van der Waals surface area contributed by atoms with Crippen LogP contribution in [0.4, 0.5) is 10.8 Å². The quantitative estimate of drug-likeness (QED) is 0.835. The lowest BCUT2D eigenvalue weighted by Gasteiger charge is -2.23. The molecule has 0 spiro atoms. The zero-order valence-corrected chi connectivity index (χ0v) is 12.1. The molecule has 1 heterocycles. The Hall–Kier alpha value is -1.29. The molecule has 0 aliphatic carbocycles. The molecular weight excluding hydrogens is 242 g/mol. The number of thiazole rings is 1. The first kappa shape index (κ1) is 13.1. The van der Waals surface area contributed by atoms with E-state index in [-0.39, 0.29) is 0 Å². The van der Waals surface area contributed by atoms with Crippen LogP contribution in [0.1, 0.15) is 27.2 Å². The summed E-state index contributed by atoms with van der Waals surface area (Å²) in [5.41, 5.74) is 7.67. The third-order valence-electron chi connectivity index (χ3n) is 3.28. The van der Waals surface area contributed by atoms with Gasteiger partial charge in [-0.3, -0.25) is 0 Å². The molecule has 4 heteroatoms. The van der Waals surface area contributed by atoms with E-state index < -0.39 is 0 Å². The van der Waals surface area contributed by atoms with Gasteiger partial charge in [-0.05, 0) is 31.0 Å². The zero-order valence-electron chi connectivity index (χ0n) is 11.3. The summed E-state index contributed by atoms with van der Waals surface area (Å²) in [5, 5.41) is 1.11. The van der Waals surface area contributed by atoms with Crippen molar-refractivity contribution in [3.63, 3.8) is 0 Å². The number of hydrogen-bond donors (Lipinski definition) is 1. The molecule has 2 aromatic rings. The van der Waals surface area contributed by atoms with E-state index in [4.69, 9.17) is 10.7 Å². The molecule has 0 aliphatic heterocycles. The average Bonchev–Trinajstić information content (AvgIpc) is 2.78. The zero-order chi connectivity index (χ0) is 13.1. The molecule has 0 saturated carbocycles. The predicted octanol–water partition coefficient (Wildman–Crippen LogP) is 3.75. The smallest absolute Gasteiger partial charge is 0.186 e. The van der Waals surface area contributed by atoms with Crippen molar-refractivity contribution >= 4 is 32.4 Å². The van der Waals surface area contributed by atoms with Crippen molar-refractivity contribution in [1.29, 1.82) is 0 Å². The Balaban J connectivity index is 2.28. The van der Waals surface area contributed by atoms with Gasteiger partial charge >= 0.3 is 0 Å². The van der Waals surface area contributed by atoms with Crippen molar-refractivity contribution < 1.29 is 0 Å². The second-order valence-corrected chi connectivity index (χ2v) is 5.78. The Morgan fingerprint density at radius 1 is 1.39 bits per heavy atom. The van der Waals surface area contributed by atoms with Gasteiger partial charge in [0.05, 0.1) is 10.2 Å². The van der Waals surface area contributed by atoms with E-state index in [9.17, 15) is 0 Å². The van der Waals surface area contributed by atoms with Crippen LogP contribution in [0.5, 0.6) is 0 Å². The average molecular weight is 263 g/mol. The third-order valence-corrected chi connectivity index (χ3v) is 4.36. The van der Waals surface area contributed by atoms with Gasteiger partial charge in [0, 0.05) is 18.8 Å². The van der Waals surface area contributed by atoms with Gasteiger partial charge < -0.3 is 10.6 Å². The van der Waals surface area contributed by atoms with Crippen LogP contribution >= 0.6 is 11.3 Å². The minimum Gasteiger partial charge on any atom is -0.399 e. The number of aromatic nitrogens is 1. The monoisotopic (exact) mass is 263 g/mol. The number of benzene rings is 1. The van der Waals surface area contributed by atoms with Crippen LogP contribution in [0, 0.1) is 5.92 Å². The lowest BCUT2D eigenvalue weighted by molar-refractivity contribution is 0.548. The van der Waals surface area contributed by atoms with Crippen LogP contribution < -0.4 is 10.6 Å². The first-order valence-electron chi connectivity index (χ1n) is 6.55. The summed E-state index contributed by atoms with van der Waals surface area (Å²) in [7, 11) is 0. The molecule has 0 radical (unpaired) electrons. The molecule has 98 valence electrons. The summed E-state index contributed by atoms with van der Waals surface area (Å²) in [6.45, 7) is 8.77. The standard InChI is InChI=1S/C14H21N3S/c1-4-10(3)9-17(5-2)14-16-12-7-6-11(15)8-13(12)18-14/h6-8,10H,4-5,9,15H2,1-3H3. The van der Waals surface area contributed by atoms with E-state index in [1.165, 1.54) is 11.1 Å². The van der Waals surface area contributed by atoms with Gasteiger partial charge in [0.1, 0.15) is 0 Å². The maximum atomic E-state index is 5.81. The van der Waals surface area contributed by atoms with Crippen molar-refractivity contribution in [2.45, 2.75) is 27.2 Å². The Kier molecular flexibility index (Phi) is 4.07. The van der Waals surface area contributed by atoms with E-state index in [0.29, 0.717) is 5.92 Å². The second kappa shape index (κ2) is 5.57. The third kappa shape index (κ3) is 2.75. The highest BCUT2D eigenvalue weighted by atomic mass is 32.1. The fourth-order valence-electron chi connectivity index (χ4n) is 1.91. The molecule has 18 heavy (non-hydrogen) atoms. The van der Waals surface area contributed by atoms with Crippen molar-refractivity contribution in [3.8, 4) is 0 Å². The Bertz CT molecular complexity index is 521. The van der Waals surface area contributed by atoms with E-state index in [1.807, 2.05) is 18.2 Å². The van der Waals surface area contributed by atoms with Gasteiger partial charge in [0.2, 0.25) is 0 Å². The molecule has 1 atom stereocenters. The summed E-state index contributed by atoms with van der Waals surface area (Å²) in [4.78, 5) is 7.06. The van der Waals surface area contributed by atoms with Gasteiger partial charge in [-0.15, -0.1) is 0 Å². The van der Waals surface area contributed by atoms with Crippen molar-refractivity contribution in [2.24, 2.45) is 5.92 Å². The predicted molar refractivity (Wildman–Crippen MR) is 81.4 cm³/mol. The van der Waals surface area contributed by atoms with E-state index in [1.54, 1.807) is 11.3 Å². The number of anilines is 2. The molecule has 2 rings (SSSR count). The van der Waals surface area contributed by atoms with Crippen LogP contribution in [0.15, 0.2) is 18.2 Å². The van der Waals surface area contributed by atoms with Gasteiger partial charge in [0.25, 0.3) is 0 Å². The largest absolute Gasteiger partial charge is 0.399 e. The molecule has 0 amide bonds. The molecule has 0 aliphatic rings. The lowest BCUT2D eigenvalue weighted by atomic mass is 10.1. The maximum absolute atomic E-state index is 5.81. The summed E-state index contributed by atoms with van der Waals surface area (Å²) in [5.74, 6) is 0.696. The van der Waals surface area contributed by atoms with Gasteiger partial charge in [-0.1, -0.05) is 31.6 Å². The number of nitrogens with two attached hydrogens (primary N) is 1. The Morgan fingerprint density at radius 3 is 2.83 bits per heavy atom. The highest BCUT2D eigenvalue weighted by molar-refractivity contribution is 7.22. The fraction of sp³-hybridized carbons (Fsp3) is 0.500. The molecule has 0 bridgehead atoms. The number of nitrogen functional groups attached to an aromatic ring is 1. The number of fused-ring (bicyclic) bond motifs is 1. The van der Waals surface area contributed by atoms with Crippen molar-refractivity contribution in [3.05, 3.63) is 18.2 Å². The van der Waals surface area contributed by atoms with Crippen LogP contribution in [0.2, 0.25) is 0 Å². The van der Waals surface area contributed by atoms with E-state index in [0.717, 1.165) is 29.4 Å².